The minimum atomic E-state index is -1.09. The number of carbonyl (C=O) groups is 1. The van der Waals surface area contributed by atoms with E-state index in [9.17, 15) is 9.90 Å². The Kier molecular flexibility index (Phi) is 5.52. The van der Waals surface area contributed by atoms with Crippen molar-refractivity contribution in [2.24, 2.45) is 0 Å². The Morgan fingerprint density at radius 1 is 1.18 bits per heavy atom. The number of benzene rings is 2. The largest absolute Gasteiger partial charge is 0.493 e. The van der Waals surface area contributed by atoms with E-state index in [2.05, 4.69) is 0 Å². The van der Waals surface area contributed by atoms with E-state index in [0.717, 1.165) is 0 Å². The highest BCUT2D eigenvalue weighted by atomic mass is 35.5. The molecule has 6 heteroatoms. The quantitative estimate of drug-likeness (QED) is 0.860. The van der Waals surface area contributed by atoms with Crippen molar-refractivity contribution in [3.05, 3.63) is 58.1 Å². The van der Waals surface area contributed by atoms with Gasteiger partial charge in [0.2, 0.25) is 0 Å². The molecule has 0 spiro atoms. The molecule has 0 saturated heterocycles. The average Bonchev–Trinajstić information content (AvgIpc) is 2.49. The Labute approximate surface area is 138 Å². The van der Waals surface area contributed by atoms with Crippen LogP contribution in [0.25, 0.3) is 0 Å². The molecule has 0 fully saturated rings. The Morgan fingerprint density at radius 3 is 2.45 bits per heavy atom. The summed E-state index contributed by atoms with van der Waals surface area (Å²) in [4.78, 5) is 11.5. The maximum Gasteiger partial charge on any atom is 0.345 e. The molecule has 0 aliphatic carbocycles. The van der Waals surface area contributed by atoms with Gasteiger partial charge in [0, 0.05) is 16.5 Å². The summed E-state index contributed by atoms with van der Waals surface area (Å²) >= 11 is 11.9. The van der Waals surface area contributed by atoms with Crippen molar-refractivity contribution in [2.75, 3.05) is 7.11 Å². The molecular weight excluding hydrogens is 327 g/mol. The van der Waals surface area contributed by atoms with Gasteiger partial charge in [-0.05, 0) is 29.8 Å². The maximum absolute atomic E-state index is 11.5. The van der Waals surface area contributed by atoms with Crippen LogP contribution in [0.15, 0.2) is 42.5 Å². The van der Waals surface area contributed by atoms with Crippen LogP contribution in [0.1, 0.15) is 5.56 Å². The number of rotatable bonds is 6. The van der Waals surface area contributed by atoms with Gasteiger partial charge in [0.1, 0.15) is 0 Å². The fourth-order valence-electron chi connectivity index (χ4n) is 1.94. The first-order valence-electron chi connectivity index (χ1n) is 6.47. The Balaban J connectivity index is 2.22. The third-order valence-corrected chi connectivity index (χ3v) is 3.62. The smallest absolute Gasteiger partial charge is 0.345 e. The van der Waals surface area contributed by atoms with E-state index in [1.165, 1.54) is 7.11 Å². The lowest BCUT2D eigenvalue weighted by Gasteiger charge is -2.17. The maximum atomic E-state index is 11.5. The molecule has 4 nitrogen and oxygen atoms in total. The second-order valence-corrected chi connectivity index (χ2v) is 5.38. The van der Waals surface area contributed by atoms with Crippen LogP contribution in [-0.2, 0) is 11.2 Å². The molecule has 22 heavy (non-hydrogen) atoms. The van der Waals surface area contributed by atoms with E-state index in [-0.39, 0.29) is 6.42 Å². The summed E-state index contributed by atoms with van der Waals surface area (Å²) in [5, 5.41) is 10.3. The Bertz CT molecular complexity index is 673. The van der Waals surface area contributed by atoms with Gasteiger partial charge in [0.25, 0.3) is 0 Å². The molecule has 1 atom stereocenters. The molecule has 0 heterocycles. The first kappa shape index (κ1) is 16.5. The van der Waals surface area contributed by atoms with Crippen molar-refractivity contribution in [2.45, 2.75) is 12.5 Å². The van der Waals surface area contributed by atoms with Crippen LogP contribution < -0.4 is 9.47 Å². The summed E-state index contributed by atoms with van der Waals surface area (Å²) in [6, 6.07) is 11.8. The molecule has 0 aliphatic rings. The molecule has 2 rings (SSSR count). The summed E-state index contributed by atoms with van der Waals surface area (Å²) < 4.78 is 10.7. The van der Waals surface area contributed by atoms with Crippen molar-refractivity contribution in [3.63, 3.8) is 0 Å². The van der Waals surface area contributed by atoms with E-state index in [1.54, 1.807) is 42.5 Å². The molecule has 2 aromatic carbocycles. The van der Waals surface area contributed by atoms with Gasteiger partial charge in [-0.25, -0.2) is 4.79 Å². The summed E-state index contributed by atoms with van der Waals surface area (Å²) in [6.45, 7) is 0. The van der Waals surface area contributed by atoms with E-state index in [4.69, 9.17) is 32.7 Å². The first-order chi connectivity index (χ1) is 10.5. The molecule has 2 aromatic rings. The molecular formula is C16H14Cl2O4. The summed E-state index contributed by atoms with van der Waals surface area (Å²) in [5.74, 6) is -0.254. The minimum absolute atomic E-state index is 0.114. The number of para-hydroxylation sites is 2. The van der Waals surface area contributed by atoms with Crippen LogP contribution in [-0.4, -0.2) is 24.3 Å². The highest BCUT2D eigenvalue weighted by Crippen LogP contribution is 2.28. The van der Waals surface area contributed by atoms with E-state index in [1.807, 2.05) is 0 Å². The van der Waals surface area contributed by atoms with Crippen molar-refractivity contribution >= 4 is 29.2 Å². The molecule has 1 unspecified atom stereocenters. The Morgan fingerprint density at radius 2 is 1.86 bits per heavy atom. The molecule has 116 valence electrons. The van der Waals surface area contributed by atoms with E-state index < -0.39 is 12.1 Å². The van der Waals surface area contributed by atoms with Gasteiger partial charge in [0.05, 0.1) is 7.11 Å². The lowest BCUT2D eigenvalue weighted by Crippen LogP contribution is -2.29. The predicted molar refractivity (Wildman–Crippen MR) is 85.2 cm³/mol. The lowest BCUT2D eigenvalue weighted by atomic mass is 10.1. The Hall–Kier alpha value is -1.91. The minimum Gasteiger partial charge on any atom is -0.493 e. The van der Waals surface area contributed by atoms with Crippen LogP contribution >= 0.6 is 23.2 Å². The second kappa shape index (κ2) is 7.38. The SMILES string of the molecule is COc1ccccc1OC(Cc1ccc(Cl)cc1Cl)C(=O)O. The third kappa shape index (κ3) is 4.06. The number of ether oxygens (including phenoxy) is 2. The number of hydrogen-bond acceptors (Lipinski definition) is 3. The second-order valence-electron chi connectivity index (χ2n) is 4.54. The number of aliphatic carboxylic acids is 1. The van der Waals surface area contributed by atoms with Gasteiger partial charge < -0.3 is 14.6 Å². The fourth-order valence-corrected chi connectivity index (χ4v) is 2.42. The summed E-state index contributed by atoms with van der Waals surface area (Å²) in [6.07, 6.45) is -0.974. The van der Waals surface area contributed by atoms with Gasteiger partial charge in [-0.15, -0.1) is 0 Å². The monoisotopic (exact) mass is 340 g/mol. The van der Waals surface area contributed by atoms with Crippen molar-refractivity contribution in [1.29, 1.82) is 0 Å². The fraction of sp³-hybridized carbons (Fsp3) is 0.188. The molecule has 1 N–H and O–H groups in total. The number of carboxylic acids is 1. The third-order valence-electron chi connectivity index (χ3n) is 3.03. The number of methoxy groups -OCH3 is 1. The van der Waals surface area contributed by atoms with E-state index >= 15 is 0 Å². The van der Waals surface area contributed by atoms with Gasteiger partial charge >= 0.3 is 5.97 Å². The van der Waals surface area contributed by atoms with Crippen LogP contribution in [0.4, 0.5) is 0 Å². The molecule has 0 bridgehead atoms. The van der Waals surface area contributed by atoms with Crippen LogP contribution in [0.5, 0.6) is 11.5 Å². The average molecular weight is 341 g/mol. The normalized spacial score (nSPS) is 11.8. The van der Waals surface area contributed by atoms with Crippen LogP contribution in [0.3, 0.4) is 0 Å². The molecule has 0 amide bonds. The number of halogens is 2. The highest BCUT2D eigenvalue weighted by molar-refractivity contribution is 6.35. The molecule has 0 aliphatic heterocycles. The standard InChI is InChI=1S/C16H14Cl2O4/c1-21-13-4-2-3-5-14(13)22-15(16(19)20)8-10-6-7-11(17)9-12(10)18/h2-7,9,15H,8H2,1H3,(H,19,20). The van der Waals surface area contributed by atoms with Gasteiger partial charge in [0.15, 0.2) is 17.6 Å². The molecule has 0 saturated carbocycles. The zero-order chi connectivity index (χ0) is 16.1. The lowest BCUT2D eigenvalue weighted by molar-refractivity contribution is -0.145. The van der Waals surface area contributed by atoms with Crippen molar-refractivity contribution in [3.8, 4) is 11.5 Å². The van der Waals surface area contributed by atoms with Gasteiger partial charge in [-0.2, -0.15) is 0 Å². The predicted octanol–water partition coefficient (Wildman–Crippen LogP) is 4.08. The van der Waals surface area contributed by atoms with Gasteiger partial charge in [-0.1, -0.05) is 41.4 Å². The zero-order valence-electron chi connectivity index (χ0n) is 11.8. The zero-order valence-corrected chi connectivity index (χ0v) is 13.3. The molecule has 0 radical (unpaired) electrons. The first-order valence-corrected chi connectivity index (χ1v) is 7.23. The molecule has 0 aromatic heterocycles. The van der Waals surface area contributed by atoms with Crippen molar-refractivity contribution < 1.29 is 19.4 Å². The summed E-state index contributed by atoms with van der Waals surface area (Å²) in [7, 11) is 1.49. The topological polar surface area (TPSA) is 55.8 Å². The van der Waals surface area contributed by atoms with E-state index in [0.29, 0.717) is 27.1 Å². The number of hydrogen-bond donors (Lipinski definition) is 1. The van der Waals surface area contributed by atoms with Crippen molar-refractivity contribution in [1.82, 2.24) is 0 Å². The summed E-state index contributed by atoms with van der Waals surface area (Å²) in [5.41, 5.74) is 0.647. The van der Waals surface area contributed by atoms with Crippen LogP contribution in [0.2, 0.25) is 10.0 Å². The van der Waals surface area contributed by atoms with Gasteiger partial charge in [-0.3, -0.25) is 0 Å². The van der Waals surface area contributed by atoms with Crippen LogP contribution in [0, 0.1) is 0 Å². The number of carboxylic acid groups (broad SMARTS) is 1. The highest BCUT2D eigenvalue weighted by Gasteiger charge is 2.22.